The van der Waals surface area contributed by atoms with E-state index >= 15 is 0 Å². The third-order valence-corrected chi connectivity index (χ3v) is 4.84. The number of rotatable bonds is 6. The summed E-state index contributed by atoms with van der Waals surface area (Å²) in [4.78, 5) is 34.1. The standard InChI is InChI=1S/C19H22N6O3/c26-18(21-5-4-14-10-20-13-22-14)9-15-12-28-8-7-24(15)19(27)16-11-23-25-6-2-1-3-17(16)25/h1-3,6,10-11,13,15H,4-5,7-9,12H2,(H,20,22)(H,21,26). The molecule has 0 saturated carbocycles. The highest BCUT2D eigenvalue weighted by Gasteiger charge is 2.31. The molecule has 9 heteroatoms. The van der Waals surface area contributed by atoms with E-state index in [2.05, 4.69) is 20.4 Å². The van der Waals surface area contributed by atoms with Crippen LogP contribution in [0.25, 0.3) is 5.52 Å². The first-order chi connectivity index (χ1) is 13.7. The minimum Gasteiger partial charge on any atom is -0.377 e. The van der Waals surface area contributed by atoms with Crippen molar-refractivity contribution < 1.29 is 14.3 Å². The van der Waals surface area contributed by atoms with Crippen LogP contribution in [-0.2, 0) is 16.0 Å². The van der Waals surface area contributed by atoms with Crippen molar-refractivity contribution >= 4 is 17.3 Å². The zero-order chi connectivity index (χ0) is 19.3. The summed E-state index contributed by atoms with van der Waals surface area (Å²) < 4.78 is 7.20. The Labute approximate surface area is 161 Å². The summed E-state index contributed by atoms with van der Waals surface area (Å²) in [7, 11) is 0. The molecule has 28 heavy (non-hydrogen) atoms. The summed E-state index contributed by atoms with van der Waals surface area (Å²) in [6.45, 7) is 1.77. The van der Waals surface area contributed by atoms with E-state index < -0.39 is 0 Å². The molecule has 1 atom stereocenters. The molecule has 1 aliphatic rings. The fourth-order valence-corrected chi connectivity index (χ4v) is 3.39. The maximum absolute atomic E-state index is 13.1. The molecule has 0 aliphatic carbocycles. The van der Waals surface area contributed by atoms with Crippen LogP contribution in [0.4, 0.5) is 0 Å². The number of pyridine rings is 1. The maximum atomic E-state index is 13.1. The fraction of sp³-hybridized carbons (Fsp3) is 0.368. The van der Waals surface area contributed by atoms with Crippen LogP contribution in [0.15, 0.2) is 43.1 Å². The number of amides is 2. The Morgan fingerprint density at radius 2 is 2.25 bits per heavy atom. The van der Waals surface area contributed by atoms with Gasteiger partial charge in [-0.05, 0) is 12.1 Å². The van der Waals surface area contributed by atoms with Crippen LogP contribution in [0.3, 0.4) is 0 Å². The number of nitrogens with one attached hydrogen (secondary N) is 2. The van der Waals surface area contributed by atoms with Crippen LogP contribution in [0.1, 0.15) is 22.5 Å². The average molecular weight is 382 g/mol. The van der Waals surface area contributed by atoms with Crippen LogP contribution in [-0.4, -0.2) is 68.6 Å². The molecule has 2 N–H and O–H groups in total. The highest BCUT2D eigenvalue weighted by Crippen LogP contribution is 2.18. The lowest BCUT2D eigenvalue weighted by atomic mass is 10.1. The number of aromatic amines is 1. The van der Waals surface area contributed by atoms with Gasteiger partial charge in [0.15, 0.2) is 0 Å². The molecule has 0 radical (unpaired) electrons. The number of ether oxygens (including phenoxy) is 1. The first-order valence-electron chi connectivity index (χ1n) is 9.27. The predicted octanol–water partition coefficient (Wildman–Crippen LogP) is 0.647. The summed E-state index contributed by atoms with van der Waals surface area (Å²) in [5.41, 5.74) is 2.25. The van der Waals surface area contributed by atoms with Crippen LogP contribution in [0.5, 0.6) is 0 Å². The van der Waals surface area contributed by atoms with Crippen molar-refractivity contribution in [3.8, 4) is 0 Å². The second kappa shape index (κ2) is 8.22. The first-order valence-corrected chi connectivity index (χ1v) is 9.27. The Balaban J connectivity index is 1.39. The molecule has 2 amide bonds. The Morgan fingerprint density at radius 1 is 1.32 bits per heavy atom. The number of H-pyrrole nitrogens is 1. The second-order valence-electron chi connectivity index (χ2n) is 6.70. The van der Waals surface area contributed by atoms with Gasteiger partial charge in [0.2, 0.25) is 5.91 Å². The van der Waals surface area contributed by atoms with Gasteiger partial charge in [-0.3, -0.25) is 9.59 Å². The van der Waals surface area contributed by atoms with E-state index in [0.717, 1.165) is 11.2 Å². The normalized spacial score (nSPS) is 17.0. The highest BCUT2D eigenvalue weighted by atomic mass is 16.5. The van der Waals surface area contributed by atoms with E-state index in [1.54, 1.807) is 34.3 Å². The quantitative estimate of drug-likeness (QED) is 0.651. The van der Waals surface area contributed by atoms with Crippen molar-refractivity contribution in [1.82, 2.24) is 29.8 Å². The summed E-state index contributed by atoms with van der Waals surface area (Å²) in [5, 5.41) is 7.13. The van der Waals surface area contributed by atoms with Gasteiger partial charge in [-0.1, -0.05) is 6.07 Å². The summed E-state index contributed by atoms with van der Waals surface area (Å²) in [6.07, 6.45) is 7.61. The van der Waals surface area contributed by atoms with E-state index in [-0.39, 0.29) is 24.3 Å². The lowest BCUT2D eigenvalue weighted by molar-refractivity contribution is -0.123. The van der Waals surface area contributed by atoms with Gasteiger partial charge < -0.3 is 19.9 Å². The predicted molar refractivity (Wildman–Crippen MR) is 101 cm³/mol. The van der Waals surface area contributed by atoms with Gasteiger partial charge in [0, 0.05) is 44.0 Å². The minimum atomic E-state index is -0.299. The van der Waals surface area contributed by atoms with E-state index in [1.165, 1.54) is 0 Å². The monoisotopic (exact) mass is 382 g/mol. The fourth-order valence-electron chi connectivity index (χ4n) is 3.39. The lowest BCUT2D eigenvalue weighted by Crippen LogP contribution is -2.50. The van der Waals surface area contributed by atoms with E-state index in [4.69, 9.17) is 4.74 Å². The van der Waals surface area contributed by atoms with E-state index in [1.807, 2.05) is 18.2 Å². The molecule has 3 aromatic rings. The van der Waals surface area contributed by atoms with Crippen LogP contribution >= 0.6 is 0 Å². The number of morpholine rings is 1. The number of fused-ring (bicyclic) bond motifs is 1. The zero-order valence-corrected chi connectivity index (χ0v) is 15.4. The average Bonchev–Trinajstić information content (AvgIpc) is 3.38. The smallest absolute Gasteiger partial charge is 0.258 e. The zero-order valence-electron chi connectivity index (χ0n) is 15.4. The molecular weight excluding hydrogens is 360 g/mol. The Bertz CT molecular complexity index is 952. The second-order valence-corrected chi connectivity index (χ2v) is 6.70. The number of aromatic nitrogens is 4. The highest BCUT2D eigenvalue weighted by molar-refractivity contribution is 6.01. The van der Waals surface area contributed by atoms with Crippen molar-refractivity contribution in [3.63, 3.8) is 0 Å². The van der Waals surface area contributed by atoms with Crippen LogP contribution in [0, 0.1) is 0 Å². The van der Waals surface area contributed by atoms with E-state index in [0.29, 0.717) is 38.3 Å². The molecule has 1 saturated heterocycles. The molecule has 9 nitrogen and oxygen atoms in total. The van der Waals surface area contributed by atoms with Crippen molar-refractivity contribution in [2.24, 2.45) is 0 Å². The summed E-state index contributed by atoms with van der Waals surface area (Å²) in [5.74, 6) is -0.229. The van der Waals surface area contributed by atoms with Crippen molar-refractivity contribution in [2.75, 3.05) is 26.3 Å². The number of carbonyl (C=O) groups is 2. The third-order valence-electron chi connectivity index (χ3n) is 4.84. The maximum Gasteiger partial charge on any atom is 0.258 e. The first kappa shape index (κ1) is 18.2. The van der Waals surface area contributed by atoms with Gasteiger partial charge >= 0.3 is 0 Å². The van der Waals surface area contributed by atoms with Gasteiger partial charge in [0.05, 0.1) is 42.9 Å². The number of hydrogen-bond acceptors (Lipinski definition) is 5. The van der Waals surface area contributed by atoms with E-state index in [9.17, 15) is 9.59 Å². The van der Waals surface area contributed by atoms with Crippen LogP contribution in [0.2, 0.25) is 0 Å². The summed E-state index contributed by atoms with van der Waals surface area (Å²) >= 11 is 0. The van der Waals surface area contributed by atoms with Gasteiger partial charge in [-0.2, -0.15) is 5.10 Å². The van der Waals surface area contributed by atoms with Gasteiger partial charge in [-0.15, -0.1) is 0 Å². The molecule has 0 spiro atoms. The van der Waals surface area contributed by atoms with Crippen molar-refractivity contribution in [1.29, 1.82) is 0 Å². The molecule has 1 fully saturated rings. The molecule has 0 aromatic carbocycles. The Morgan fingerprint density at radius 3 is 3.11 bits per heavy atom. The van der Waals surface area contributed by atoms with Gasteiger partial charge in [0.1, 0.15) is 0 Å². The Hall–Kier alpha value is -3.20. The summed E-state index contributed by atoms with van der Waals surface area (Å²) in [6, 6.07) is 5.29. The molecular formula is C19H22N6O3. The molecule has 146 valence electrons. The molecule has 1 aliphatic heterocycles. The molecule has 0 bridgehead atoms. The molecule has 3 aromatic heterocycles. The number of carbonyl (C=O) groups excluding carboxylic acids is 2. The molecule has 4 rings (SSSR count). The van der Waals surface area contributed by atoms with Crippen molar-refractivity contribution in [3.05, 3.63) is 54.4 Å². The van der Waals surface area contributed by atoms with Crippen LogP contribution < -0.4 is 5.32 Å². The lowest BCUT2D eigenvalue weighted by Gasteiger charge is -2.35. The minimum absolute atomic E-state index is 0.104. The number of nitrogens with zero attached hydrogens (tertiary/aromatic N) is 4. The number of imidazole rings is 1. The van der Waals surface area contributed by atoms with Gasteiger partial charge in [0.25, 0.3) is 5.91 Å². The molecule has 4 heterocycles. The number of hydrogen-bond donors (Lipinski definition) is 2. The van der Waals surface area contributed by atoms with Crippen molar-refractivity contribution in [2.45, 2.75) is 18.9 Å². The third kappa shape index (κ3) is 3.89. The van der Waals surface area contributed by atoms with Gasteiger partial charge in [-0.25, -0.2) is 9.50 Å². The topological polar surface area (TPSA) is 105 Å². The Kier molecular flexibility index (Phi) is 5.34. The SMILES string of the molecule is O=C(CC1COCCN1C(=O)c1cnn2ccccc12)NCCc1cnc[nH]1. The largest absolute Gasteiger partial charge is 0.377 e. The molecule has 1 unspecified atom stereocenters.